The summed E-state index contributed by atoms with van der Waals surface area (Å²) in [6.45, 7) is 5.85. The zero-order chi connectivity index (χ0) is 24.4. The minimum Gasteiger partial charge on any atom is -0.491 e. The van der Waals surface area contributed by atoms with E-state index in [9.17, 15) is 9.18 Å². The summed E-state index contributed by atoms with van der Waals surface area (Å²) in [5, 5.41) is 10.3. The van der Waals surface area contributed by atoms with Gasteiger partial charge in [-0.3, -0.25) is 4.79 Å². The van der Waals surface area contributed by atoms with Crippen LogP contribution in [-0.2, 0) is 6.54 Å². The number of carbonyl (C=O) groups is 1. The predicted octanol–water partition coefficient (Wildman–Crippen LogP) is 4.70. The average Bonchev–Trinajstić information content (AvgIpc) is 3.34. The van der Waals surface area contributed by atoms with Gasteiger partial charge in [0.15, 0.2) is 11.5 Å². The fraction of sp³-hybridized carbons (Fsp3) is 0.217. The van der Waals surface area contributed by atoms with Crippen LogP contribution in [0.25, 0.3) is 11.5 Å². The van der Waals surface area contributed by atoms with Crippen molar-refractivity contribution >= 4 is 29.0 Å². The molecule has 0 unspecified atom stereocenters. The number of oxazole rings is 1. The zero-order valence-corrected chi connectivity index (χ0v) is 19.4. The maximum atomic E-state index is 13.3. The molecule has 34 heavy (non-hydrogen) atoms. The fourth-order valence-electron chi connectivity index (χ4n) is 3.15. The molecule has 0 saturated heterocycles. The van der Waals surface area contributed by atoms with Crippen molar-refractivity contribution in [3.63, 3.8) is 0 Å². The first kappa shape index (κ1) is 23.2. The van der Waals surface area contributed by atoms with Crippen LogP contribution >= 0.6 is 11.6 Å². The lowest BCUT2D eigenvalue weighted by molar-refractivity contribution is 0.102. The predicted molar refractivity (Wildman–Crippen MR) is 125 cm³/mol. The molecule has 176 valence electrons. The van der Waals surface area contributed by atoms with Gasteiger partial charge in [-0.15, -0.1) is 5.10 Å². The molecule has 0 atom stereocenters. The highest BCUT2D eigenvalue weighted by Crippen LogP contribution is 2.26. The van der Waals surface area contributed by atoms with Gasteiger partial charge >= 0.3 is 0 Å². The van der Waals surface area contributed by atoms with Gasteiger partial charge in [-0.2, -0.15) is 0 Å². The number of nitrogen functional groups attached to an aromatic ring is 1. The van der Waals surface area contributed by atoms with Crippen molar-refractivity contribution in [1.29, 1.82) is 0 Å². The summed E-state index contributed by atoms with van der Waals surface area (Å²) in [7, 11) is 0. The molecule has 11 heteroatoms. The number of hydrogen-bond acceptors (Lipinski definition) is 7. The van der Waals surface area contributed by atoms with E-state index in [4.69, 9.17) is 26.5 Å². The third-order valence-corrected chi connectivity index (χ3v) is 5.12. The Bertz CT molecular complexity index is 1330. The molecule has 4 rings (SSSR count). The second-order valence-electron chi connectivity index (χ2n) is 7.78. The summed E-state index contributed by atoms with van der Waals surface area (Å²) >= 11 is 5.75. The normalized spacial score (nSPS) is 11.1. The molecular formula is C23H22ClFN6O3. The second-order valence-corrected chi connectivity index (χ2v) is 8.18. The number of halogens is 2. The Kier molecular flexibility index (Phi) is 6.51. The van der Waals surface area contributed by atoms with E-state index < -0.39 is 11.7 Å². The molecule has 9 nitrogen and oxygen atoms in total. The van der Waals surface area contributed by atoms with Crippen molar-refractivity contribution in [3.05, 3.63) is 70.5 Å². The van der Waals surface area contributed by atoms with Gasteiger partial charge < -0.3 is 20.2 Å². The van der Waals surface area contributed by atoms with Crippen LogP contribution in [0.1, 0.15) is 35.8 Å². The summed E-state index contributed by atoms with van der Waals surface area (Å²) in [4.78, 5) is 17.1. The molecule has 0 fully saturated rings. The highest BCUT2D eigenvalue weighted by atomic mass is 35.5. The number of aromatic nitrogens is 4. The minimum atomic E-state index is -0.604. The molecule has 0 spiro atoms. The molecule has 0 bridgehead atoms. The Balaban J connectivity index is 1.49. The molecule has 0 aliphatic heterocycles. The Morgan fingerprint density at radius 2 is 2.00 bits per heavy atom. The first-order valence-corrected chi connectivity index (χ1v) is 10.8. The number of amides is 1. The van der Waals surface area contributed by atoms with E-state index in [0.29, 0.717) is 23.0 Å². The third-order valence-electron chi connectivity index (χ3n) is 4.83. The molecule has 3 N–H and O–H groups in total. The maximum Gasteiger partial charge on any atom is 0.280 e. The number of nitrogens with two attached hydrogens (primary N) is 1. The van der Waals surface area contributed by atoms with Crippen molar-refractivity contribution in [3.8, 4) is 17.2 Å². The minimum absolute atomic E-state index is 0.0462. The summed E-state index contributed by atoms with van der Waals surface area (Å²) < 4.78 is 26.1. The number of anilines is 2. The van der Waals surface area contributed by atoms with Crippen LogP contribution in [0, 0.1) is 12.7 Å². The zero-order valence-electron chi connectivity index (χ0n) is 18.7. The van der Waals surface area contributed by atoms with Crippen molar-refractivity contribution in [2.45, 2.75) is 33.4 Å². The van der Waals surface area contributed by atoms with E-state index in [2.05, 4.69) is 20.6 Å². The van der Waals surface area contributed by atoms with E-state index in [-0.39, 0.29) is 29.2 Å². The quantitative estimate of drug-likeness (QED) is 0.389. The largest absolute Gasteiger partial charge is 0.491 e. The van der Waals surface area contributed by atoms with Gasteiger partial charge in [-0.25, -0.2) is 14.1 Å². The Hall–Kier alpha value is -3.92. The molecular weight excluding hydrogens is 463 g/mol. The topological polar surface area (TPSA) is 121 Å². The molecule has 4 aromatic rings. The van der Waals surface area contributed by atoms with Crippen LogP contribution in [0.5, 0.6) is 5.75 Å². The van der Waals surface area contributed by atoms with Crippen LogP contribution in [-0.4, -0.2) is 32.0 Å². The van der Waals surface area contributed by atoms with Crippen LogP contribution in [0.15, 0.2) is 46.9 Å². The summed E-state index contributed by atoms with van der Waals surface area (Å²) in [6, 6.07) is 11.2. The molecule has 2 heterocycles. The molecule has 1 amide bonds. The first-order valence-electron chi connectivity index (χ1n) is 10.4. The van der Waals surface area contributed by atoms with Crippen molar-refractivity contribution in [2.75, 3.05) is 11.1 Å². The maximum absolute atomic E-state index is 13.3. The monoisotopic (exact) mass is 484 g/mol. The number of nitrogens with zero attached hydrogens (tertiary/aromatic N) is 4. The lowest BCUT2D eigenvalue weighted by atomic mass is 10.2. The van der Waals surface area contributed by atoms with Crippen LogP contribution < -0.4 is 15.8 Å². The number of nitrogens with one attached hydrogen (secondary N) is 1. The lowest BCUT2D eigenvalue weighted by Crippen LogP contribution is -2.15. The molecule has 0 radical (unpaired) electrons. The number of rotatable bonds is 7. The SMILES string of the molecule is Cc1oc(-c2ccc(OC(C)C)cc2)nc1Cn1nnc(C(=O)Nc2ccc(F)c(Cl)c2)c1N. The third kappa shape index (κ3) is 5.01. The van der Waals surface area contributed by atoms with Gasteiger partial charge in [0.2, 0.25) is 5.89 Å². The number of ether oxygens (including phenoxy) is 1. The van der Waals surface area contributed by atoms with Crippen molar-refractivity contribution < 1.29 is 18.3 Å². The van der Waals surface area contributed by atoms with E-state index in [1.54, 1.807) is 6.92 Å². The summed E-state index contributed by atoms with van der Waals surface area (Å²) in [6.07, 6.45) is 0.0787. The van der Waals surface area contributed by atoms with Crippen LogP contribution in [0.2, 0.25) is 5.02 Å². The highest BCUT2D eigenvalue weighted by molar-refractivity contribution is 6.31. The Morgan fingerprint density at radius 1 is 1.26 bits per heavy atom. The van der Waals surface area contributed by atoms with Gasteiger partial charge in [0, 0.05) is 11.3 Å². The summed E-state index contributed by atoms with van der Waals surface area (Å²) in [5.41, 5.74) is 7.70. The van der Waals surface area contributed by atoms with E-state index >= 15 is 0 Å². The molecule has 2 aromatic heterocycles. The van der Waals surface area contributed by atoms with Crippen molar-refractivity contribution in [1.82, 2.24) is 20.0 Å². The second kappa shape index (κ2) is 9.52. The first-order chi connectivity index (χ1) is 16.2. The smallest absolute Gasteiger partial charge is 0.280 e. The highest BCUT2D eigenvalue weighted by Gasteiger charge is 2.20. The molecule has 0 aliphatic rings. The average molecular weight is 485 g/mol. The Morgan fingerprint density at radius 3 is 2.68 bits per heavy atom. The van der Waals surface area contributed by atoms with Gasteiger partial charge in [-0.1, -0.05) is 16.8 Å². The lowest BCUT2D eigenvalue weighted by Gasteiger charge is -2.09. The van der Waals surface area contributed by atoms with Crippen molar-refractivity contribution in [2.24, 2.45) is 0 Å². The number of hydrogen-bond donors (Lipinski definition) is 2. The van der Waals surface area contributed by atoms with Crippen LogP contribution in [0.3, 0.4) is 0 Å². The van der Waals surface area contributed by atoms with E-state index in [1.807, 2.05) is 38.1 Å². The van der Waals surface area contributed by atoms with Gasteiger partial charge in [0.25, 0.3) is 5.91 Å². The number of carbonyl (C=O) groups excluding carboxylic acids is 1. The summed E-state index contributed by atoms with van der Waals surface area (Å²) in [5.74, 6) is 0.629. The van der Waals surface area contributed by atoms with Gasteiger partial charge in [-0.05, 0) is 63.2 Å². The number of benzene rings is 2. The van der Waals surface area contributed by atoms with E-state index in [1.165, 1.54) is 16.8 Å². The fourth-order valence-corrected chi connectivity index (χ4v) is 3.33. The standard InChI is InChI=1S/C23H22ClFN6O3/c1-12(2)33-16-7-4-14(5-8-16)23-28-19(13(3)34-23)11-31-21(26)20(29-30-31)22(32)27-15-6-9-18(25)17(24)10-15/h4-10,12H,11,26H2,1-3H3,(H,27,32). The van der Waals surface area contributed by atoms with Gasteiger partial charge in [0.1, 0.15) is 23.0 Å². The Labute approximate surface area is 199 Å². The number of aryl methyl sites for hydroxylation is 1. The van der Waals surface area contributed by atoms with E-state index in [0.717, 1.165) is 17.4 Å². The van der Waals surface area contributed by atoms with Gasteiger partial charge in [0.05, 0.1) is 17.7 Å². The molecule has 2 aromatic carbocycles. The van der Waals surface area contributed by atoms with Crippen LogP contribution in [0.4, 0.5) is 15.9 Å². The molecule has 0 aliphatic carbocycles. The molecule has 0 saturated carbocycles.